The molecule has 0 aliphatic carbocycles. The molecule has 0 aliphatic heterocycles. The van der Waals surface area contributed by atoms with Gasteiger partial charge >= 0.3 is 5.97 Å². The molecular weight excluding hydrogens is 1070 g/mol. The van der Waals surface area contributed by atoms with E-state index in [-0.39, 0.29) is 18.5 Å². The molecule has 0 saturated carbocycles. The van der Waals surface area contributed by atoms with Crippen molar-refractivity contribution >= 4 is 11.9 Å². The molecule has 2 unspecified atom stereocenters. The van der Waals surface area contributed by atoms with E-state index in [9.17, 15) is 19.8 Å². The standard InChI is InChI=1S/C81H153NO5/c1-3-5-7-9-11-13-15-17-18-19-41-44-47-50-53-57-61-65-69-73-79(84)78(77-83)82-80(85)74-70-66-62-58-54-51-48-45-42-39-37-35-33-31-29-27-25-23-21-20-22-24-26-28-30-32-34-36-38-40-43-46-49-52-56-60-64-68-72-76-87-81(86)75-71-67-63-59-55-16-14-12-10-8-6-4-2/h12,14,20-21,24,26,69,73,78-79,83-84H,3-11,13,15-19,22-23,25,27-68,70-72,74-77H2,1-2H3,(H,82,85)/b14-12-,21-20-,26-24-,73-69+. The lowest BCUT2D eigenvalue weighted by molar-refractivity contribution is -0.143. The van der Waals surface area contributed by atoms with E-state index < -0.39 is 12.1 Å². The number of rotatable bonds is 74. The van der Waals surface area contributed by atoms with Crippen LogP contribution in [0.5, 0.6) is 0 Å². The number of amides is 1. The van der Waals surface area contributed by atoms with Crippen LogP contribution < -0.4 is 5.32 Å². The number of aliphatic hydroxyl groups excluding tert-OH is 2. The van der Waals surface area contributed by atoms with Crippen molar-refractivity contribution < 1.29 is 24.5 Å². The van der Waals surface area contributed by atoms with Crippen LogP contribution in [0, 0.1) is 0 Å². The van der Waals surface area contributed by atoms with Crippen molar-refractivity contribution in [2.24, 2.45) is 0 Å². The van der Waals surface area contributed by atoms with Crippen molar-refractivity contribution in [1.29, 1.82) is 0 Å². The van der Waals surface area contributed by atoms with E-state index in [1.54, 1.807) is 6.08 Å². The van der Waals surface area contributed by atoms with Crippen LogP contribution in [0.25, 0.3) is 0 Å². The highest BCUT2D eigenvalue weighted by Gasteiger charge is 2.18. The number of carbonyl (C=O) groups is 2. The smallest absolute Gasteiger partial charge is 0.305 e. The lowest BCUT2D eigenvalue weighted by Gasteiger charge is -2.20. The molecule has 0 aromatic heterocycles. The zero-order valence-electron chi connectivity index (χ0n) is 58.8. The van der Waals surface area contributed by atoms with Gasteiger partial charge in [-0.05, 0) is 89.9 Å². The van der Waals surface area contributed by atoms with Gasteiger partial charge in [0.15, 0.2) is 0 Å². The summed E-state index contributed by atoms with van der Waals surface area (Å²) in [5.74, 6) is -0.0510. The molecule has 0 spiro atoms. The Morgan fingerprint density at radius 1 is 0.322 bits per heavy atom. The number of ether oxygens (including phenoxy) is 1. The average Bonchev–Trinajstić information content (AvgIpc) is 3.52. The quantitative estimate of drug-likeness (QED) is 0.0320. The fourth-order valence-corrected chi connectivity index (χ4v) is 12.3. The van der Waals surface area contributed by atoms with Crippen molar-refractivity contribution in [3.63, 3.8) is 0 Å². The molecule has 0 radical (unpaired) electrons. The van der Waals surface area contributed by atoms with E-state index in [2.05, 4.69) is 55.6 Å². The van der Waals surface area contributed by atoms with Crippen molar-refractivity contribution in [3.05, 3.63) is 48.6 Å². The van der Waals surface area contributed by atoms with Crippen molar-refractivity contribution in [2.45, 2.75) is 443 Å². The Morgan fingerprint density at radius 3 is 0.908 bits per heavy atom. The van der Waals surface area contributed by atoms with E-state index in [0.717, 1.165) is 51.4 Å². The van der Waals surface area contributed by atoms with Gasteiger partial charge in [-0.2, -0.15) is 0 Å². The first kappa shape index (κ1) is 84.8. The number of hydrogen-bond acceptors (Lipinski definition) is 5. The minimum Gasteiger partial charge on any atom is -0.466 e. The molecule has 0 rings (SSSR count). The number of unbranched alkanes of at least 4 members (excludes halogenated alkanes) is 57. The number of carbonyl (C=O) groups excluding carboxylic acids is 2. The molecule has 0 fully saturated rings. The highest BCUT2D eigenvalue weighted by atomic mass is 16.5. The molecule has 6 nitrogen and oxygen atoms in total. The maximum Gasteiger partial charge on any atom is 0.305 e. The van der Waals surface area contributed by atoms with E-state index in [1.807, 2.05) is 6.08 Å². The van der Waals surface area contributed by atoms with E-state index >= 15 is 0 Å². The first-order valence-electron chi connectivity index (χ1n) is 39.4. The molecule has 0 bridgehead atoms. The summed E-state index contributed by atoms with van der Waals surface area (Å²) in [6.45, 7) is 4.92. The fraction of sp³-hybridized carbons (Fsp3) is 0.877. The van der Waals surface area contributed by atoms with Crippen LogP contribution in [0.3, 0.4) is 0 Å². The van der Waals surface area contributed by atoms with Gasteiger partial charge in [0, 0.05) is 12.8 Å². The van der Waals surface area contributed by atoms with E-state index in [0.29, 0.717) is 19.4 Å². The molecule has 0 aliphatic rings. The second-order valence-corrected chi connectivity index (χ2v) is 27.0. The molecule has 2 atom stereocenters. The summed E-state index contributed by atoms with van der Waals surface area (Å²) in [4.78, 5) is 24.6. The molecule has 87 heavy (non-hydrogen) atoms. The lowest BCUT2D eigenvalue weighted by Crippen LogP contribution is -2.45. The van der Waals surface area contributed by atoms with Gasteiger partial charge < -0.3 is 20.3 Å². The normalized spacial score (nSPS) is 12.7. The molecule has 0 aromatic carbocycles. The van der Waals surface area contributed by atoms with Crippen molar-refractivity contribution in [1.82, 2.24) is 5.32 Å². The summed E-state index contributed by atoms with van der Waals surface area (Å²) in [6, 6.07) is -0.627. The third-order valence-electron chi connectivity index (χ3n) is 18.3. The van der Waals surface area contributed by atoms with Crippen molar-refractivity contribution in [2.75, 3.05) is 13.2 Å². The van der Waals surface area contributed by atoms with Crippen LogP contribution in [-0.4, -0.2) is 47.4 Å². The number of allylic oxidation sites excluding steroid dienone is 7. The zero-order chi connectivity index (χ0) is 62.8. The Balaban J connectivity index is 3.38. The number of hydrogen-bond donors (Lipinski definition) is 3. The second kappa shape index (κ2) is 76.3. The summed E-state index contributed by atoms with van der Waals surface area (Å²) >= 11 is 0. The third-order valence-corrected chi connectivity index (χ3v) is 18.3. The number of nitrogens with one attached hydrogen (secondary N) is 1. The van der Waals surface area contributed by atoms with Crippen LogP contribution in [0.4, 0.5) is 0 Å². The first-order chi connectivity index (χ1) is 43.0. The number of aliphatic hydroxyl groups is 2. The monoisotopic (exact) mass is 1220 g/mol. The minimum absolute atomic E-state index is 0.0103. The Labute approximate surface area is 544 Å². The summed E-state index contributed by atoms with van der Waals surface area (Å²) in [7, 11) is 0. The fourth-order valence-electron chi connectivity index (χ4n) is 12.3. The summed E-state index contributed by atoms with van der Waals surface area (Å²) < 4.78 is 5.48. The summed E-state index contributed by atoms with van der Waals surface area (Å²) in [5.41, 5.74) is 0. The highest BCUT2D eigenvalue weighted by molar-refractivity contribution is 5.76. The molecular formula is C81H153NO5. The Hall–Kier alpha value is -2.18. The Morgan fingerprint density at radius 2 is 0.575 bits per heavy atom. The highest BCUT2D eigenvalue weighted by Crippen LogP contribution is 2.19. The minimum atomic E-state index is -0.843. The van der Waals surface area contributed by atoms with Gasteiger partial charge in [0.1, 0.15) is 0 Å². The van der Waals surface area contributed by atoms with E-state index in [1.165, 1.54) is 353 Å². The van der Waals surface area contributed by atoms with Gasteiger partial charge in [0.25, 0.3) is 0 Å². The lowest BCUT2D eigenvalue weighted by atomic mass is 10.0. The topological polar surface area (TPSA) is 95.9 Å². The SMILES string of the molecule is CCCCC/C=C\CCCCCCCC(=O)OCCCCCCCCCCCCCCCCC/C=C\C/C=C\CCCCCCCCCCCCCCCCCCCC(=O)NC(CO)C(O)/C=C/CCCCCCCCCCCCCCCCCCC. The second-order valence-electron chi connectivity index (χ2n) is 27.0. The van der Waals surface area contributed by atoms with Crippen LogP contribution in [-0.2, 0) is 14.3 Å². The van der Waals surface area contributed by atoms with Gasteiger partial charge in [-0.1, -0.05) is 377 Å². The van der Waals surface area contributed by atoms with Gasteiger partial charge in [-0.3, -0.25) is 9.59 Å². The van der Waals surface area contributed by atoms with Gasteiger partial charge in [-0.25, -0.2) is 0 Å². The molecule has 0 saturated heterocycles. The Kier molecular flexibility index (Phi) is 74.4. The van der Waals surface area contributed by atoms with Crippen LogP contribution in [0.15, 0.2) is 48.6 Å². The Bertz CT molecular complexity index is 1450. The molecule has 0 aromatic rings. The molecule has 6 heteroatoms. The average molecular weight is 1220 g/mol. The largest absolute Gasteiger partial charge is 0.466 e. The third kappa shape index (κ3) is 72.8. The van der Waals surface area contributed by atoms with Gasteiger partial charge in [0.2, 0.25) is 5.91 Å². The number of esters is 1. The molecule has 512 valence electrons. The van der Waals surface area contributed by atoms with Gasteiger partial charge in [-0.15, -0.1) is 0 Å². The van der Waals surface area contributed by atoms with Crippen LogP contribution in [0.1, 0.15) is 431 Å². The van der Waals surface area contributed by atoms with Crippen LogP contribution >= 0.6 is 0 Å². The first-order valence-corrected chi connectivity index (χ1v) is 39.4. The summed E-state index contributed by atoms with van der Waals surface area (Å²) in [6.07, 6.45) is 101. The maximum atomic E-state index is 12.5. The maximum absolute atomic E-state index is 12.5. The molecule has 3 N–H and O–H groups in total. The predicted molar refractivity (Wildman–Crippen MR) is 384 cm³/mol. The van der Waals surface area contributed by atoms with Crippen LogP contribution in [0.2, 0.25) is 0 Å². The predicted octanol–water partition coefficient (Wildman–Crippen LogP) is 26.0. The molecule has 1 amide bonds. The molecule has 0 heterocycles. The summed E-state index contributed by atoms with van der Waals surface area (Å²) in [5, 5.41) is 23.3. The van der Waals surface area contributed by atoms with Gasteiger partial charge in [0.05, 0.1) is 25.4 Å². The van der Waals surface area contributed by atoms with Crippen molar-refractivity contribution in [3.8, 4) is 0 Å². The zero-order valence-corrected chi connectivity index (χ0v) is 58.8. The van der Waals surface area contributed by atoms with E-state index in [4.69, 9.17) is 4.74 Å².